The van der Waals surface area contributed by atoms with E-state index >= 15 is 0 Å². The van der Waals surface area contributed by atoms with Crippen LogP contribution in [0.25, 0.3) is 6.08 Å². The summed E-state index contributed by atoms with van der Waals surface area (Å²) in [5, 5.41) is 9.08. The Balaban J connectivity index is 0.00000361. The van der Waals surface area contributed by atoms with Gasteiger partial charge < -0.3 is 9.47 Å². The molecule has 6 heteroatoms. The fourth-order valence-electron chi connectivity index (χ4n) is 1.33. The lowest BCUT2D eigenvalue weighted by molar-refractivity contribution is -0.177. The smallest absolute Gasteiger partial charge is 0.306 e. The summed E-state index contributed by atoms with van der Waals surface area (Å²) in [6.45, 7) is 2.35. The van der Waals surface area contributed by atoms with Crippen molar-refractivity contribution in [2.75, 3.05) is 0 Å². The minimum Gasteiger partial charge on any atom is -0.420 e. The molecule has 1 aromatic carbocycles. The van der Waals surface area contributed by atoms with Crippen molar-refractivity contribution < 1.29 is 19.1 Å². The molecule has 106 valence electrons. The number of nitriles is 1. The van der Waals surface area contributed by atoms with Gasteiger partial charge in [0.25, 0.3) is 6.29 Å². The molecule has 1 rings (SSSR count). The number of benzene rings is 1. The van der Waals surface area contributed by atoms with Gasteiger partial charge in [-0.25, -0.2) is 0 Å². The molecule has 20 heavy (non-hydrogen) atoms. The summed E-state index contributed by atoms with van der Waals surface area (Å²) in [5.74, 6) is -1.28. The lowest BCUT2D eigenvalue weighted by Gasteiger charge is -2.15. The Morgan fingerprint density at radius 2 is 1.65 bits per heavy atom. The van der Waals surface area contributed by atoms with Gasteiger partial charge in [-0.2, -0.15) is 5.26 Å². The third-order valence-electron chi connectivity index (χ3n) is 2.05. The van der Waals surface area contributed by atoms with Crippen LogP contribution in [-0.4, -0.2) is 18.2 Å². The lowest BCUT2D eigenvalue weighted by Crippen LogP contribution is -2.24. The molecule has 0 unspecified atom stereocenters. The Bertz CT molecular complexity index is 518. The number of hydrogen-bond donors (Lipinski definition) is 0. The van der Waals surface area contributed by atoms with Gasteiger partial charge in [-0.3, -0.25) is 9.59 Å². The molecule has 0 amide bonds. The molecule has 0 saturated carbocycles. The number of nitrogens with zero attached hydrogens (tertiary/aromatic N) is 1. The molecular weight excluding hydrogens is 282 g/mol. The zero-order valence-electron chi connectivity index (χ0n) is 11.0. The van der Waals surface area contributed by atoms with Crippen molar-refractivity contribution in [3.05, 3.63) is 41.5 Å². The van der Waals surface area contributed by atoms with Gasteiger partial charge in [0.05, 0.1) is 0 Å². The molecule has 0 fully saturated rings. The number of ether oxygens (including phenoxy) is 2. The highest BCUT2D eigenvalue weighted by atomic mass is 35.5. The van der Waals surface area contributed by atoms with Crippen LogP contribution in [0, 0.1) is 11.3 Å². The molecule has 0 bridgehead atoms. The first kappa shape index (κ1) is 17.7. The fourth-order valence-corrected chi connectivity index (χ4v) is 1.33. The molecule has 0 aliphatic rings. The molecule has 0 saturated heterocycles. The van der Waals surface area contributed by atoms with Crippen LogP contribution in [0.1, 0.15) is 19.4 Å². The van der Waals surface area contributed by atoms with Gasteiger partial charge in [-0.05, 0) is 11.6 Å². The summed E-state index contributed by atoms with van der Waals surface area (Å²) >= 11 is 0. The van der Waals surface area contributed by atoms with Crippen LogP contribution >= 0.6 is 12.4 Å². The zero-order valence-corrected chi connectivity index (χ0v) is 11.8. The minimum atomic E-state index is -1.32. The number of esters is 2. The molecule has 0 N–H and O–H groups in total. The van der Waals surface area contributed by atoms with Crippen LogP contribution in [0.3, 0.4) is 0 Å². The average Bonchev–Trinajstić information content (AvgIpc) is 2.35. The summed E-state index contributed by atoms with van der Waals surface area (Å²) < 4.78 is 9.63. The van der Waals surface area contributed by atoms with Gasteiger partial charge in [-0.15, -0.1) is 12.4 Å². The summed E-state index contributed by atoms with van der Waals surface area (Å²) in [7, 11) is 0. The summed E-state index contributed by atoms with van der Waals surface area (Å²) in [6, 6.07) is 10.8. The number of carbonyl (C=O) groups is 2. The van der Waals surface area contributed by atoms with Gasteiger partial charge in [0.15, 0.2) is 0 Å². The molecule has 0 spiro atoms. The molecular formula is C14H14ClNO4. The number of carbonyl (C=O) groups excluding carboxylic acids is 2. The molecule has 5 nitrogen and oxygen atoms in total. The lowest BCUT2D eigenvalue weighted by atomic mass is 10.1. The van der Waals surface area contributed by atoms with Crippen LogP contribution in [-0.2, 0) is 19.1 Å². The Labute approximate surface area is 123 Å². The second-order valence-electron chi connectivity index (χ2n) is 3.67. The molecule has 0 heterocycles. The topological polar surface area (TPSA) is 76.4 Å². The Hall–Kier alpha value is -2.32. The van der Waals surface area contributed by atoms with E-state index in [1.165, 1.54) is 19.9 Å². The summed E-state index contributed by atoms with van der Waals surface area (Å²) in [6.07, 6.45) is 0.177. The standard InChI is InChI=1S/C14H13NO4.ClH/c1-10(16)18-14(19-11(2)17)13(9-15)8-12-6-4-3-5-7-12;/h3-8,14H,1-2H3;1H. The SMILES string of the molecule is CC(=O)OC(OC(C)=O)C(C#N)=Cc1ccccc1.Cl. The Kier molecular flexibility index (Phi) is 7.71. The van der Waals surface area contributed by atoms with E-state index in [0.29, 0.717) is 0 Å². The molecule has 0 radical (unpaired) electrons. The van der Waals surface area contributed by atoms with E-state index < -0.39 is 18.2 Å². The quantitative estimate of drug-likeness (QED) is 0.484. The van der Waals surface area contributed by atoms with E-state index in [0.717, 1.165) is 5.56 Å². The van der Waals surface area contributed by atoms with E-state index in [-0.39, 0.29) is 18.0 Å². The van der Waals surface area contributed by atoms with Crippen molar-refractivity contribution in [3.8, 4) is 6.07 Å². The van der Waals surface area contributed by atoms with Crippen LogP contribution in [0.15, 0.2) is 35.9 Å². The van der Waals surface area contributed by atoms with Crippen LogP contribution in [0.5, 0.6) is 0 Å². The van der Waals surface area contributed by atoms with Crippen molar-refractivity contribution in [1.82, 2.24) is 0 Å². The number of hydrogen-bond acceptors (Lipinski definition) is 5. The van der Waals surface area contributed by atoms with Gasteiger partial charge in [0, 0.05) is 13.8 Å². The minimum absolute atomic E-state index is 0. The van der Waals surface area contributed by atoms with Crippen molar-refractivity contribution in [1.29, 1.82) is 5.26 Å². The van der Waals surface area contributed by atoms with Crippen LogP contribution in [0.2, 0.25) is 0 Å². The van der Waals surface area contributed by atoms with E-state index in [1.807, 2.05) is 12.1 Å². The van der Waals surface area contributed by atoms with Crippen LogP contribution < -0.4 is 0 Å². The predicted octanol–water partition coefficient (Wildman–Crippen LogP) is 2.47. The third-order valence-corrected chi connectivity index (χ3v) is 2.05. The zero-order chi connectivity index (χ0) is 14.3. The van der Waals surface area contributed by atoms with E-state index in [1.54, 1.807) is 24.3 Å². The van der Waals surface area contributed by atoms with E-state index in [9.17, 15) is 9.59 Å². The van der Waals surface area contributed by atoms with Crippen LogP contribution in [0.4, 0.5) is 0 Å². The second-order valence-corrected chi connectivity index (χ2v) is 3.67. The Morgan fingerprint density at radius 1 is 1.15 bits per heavy atom. The first-order valence-electron chi connectivity index (χ1n) is 5.54. The highest BCUT2D eigenvalue weighted by Gasteiger charge is 2.20. The molecule has 0 aromatic heterocycles. The molecule has 1 aromatic rings. The summed E-state index contributed by atoms with van der Waals surface area (Å²) in [5.41, 5.74) is 0.778. The van der Waals surface area contributed by atoms with Gasteiger partial charge in [-0.1, -0.05) is 30.3 Å². The maximum atomic E-state index is 11.0. The first-order chi connectivity index (χ1) is 9.02. The molecule has 0 atom stereocenters. The maximum Gasteiger partial charge on any atom is 0.306 e. The van der Waals surface area contributed by atoms with E-state index in [2.05, 4.69) is 0 Å². The summed E-state index contributed by atoms with van der Waals surface area (Å²) in [4.78, 5) is 21.9. The first-order valence-corrected chi connectivity index (χ1v) is 5.54. The van der Waals surface area contributed by atoms with Gasteiger partial charge in [0.1, 0.15) is 11.6 Å². The monoisotopic (exact) mass is 295 g/mol. The average molecular weight is 296 g/mol. The largest absolute Gasteiger partial charge is 0.420 e. The number of halogens is 1. The maximum absolute atomic E-state index is 11.0. The van der Waals surface area contributed by atoms with E-state index in [4.69, 9.17) is 14.7 Å². The molecule has 0 aliphatic carbocycles. The van der Waals surface area contributed by atoms with Crippen molar-refractivity contribution in [2.45, 2.75) is 20.1 Å². The highest BCUT2D eigenvalue weighted by molar-refractivity contribution is 5.85. The van der Waals surface area contributed by atoms with Crippen molar-refractivity contribution >= 4 is 30.4 Å². The highest BCUT2D eigenvalue weighted by Crippen LogP contribution is 2.14. The second kappa shape index (κ2) is 8.73. The molecule has 0 aliphatic heterocycles. The normalized spacial score (nSPS) is 10.2. The third kappa shape index (κ3) is 6.03. The number of rotatable bonds is 4. The van der Waals surface area contributed by atoms with Gasteiger partial charge in [0.2, 0.25) is 0 Å². The fraction of sp³-hybridized carbons (Fsp3) is 0.214. The van der Waals surface area contributed by atoms with Crippen molar-refractivity contribution in [2.24, 2.45) is 0 Å². The van der Waals surface area contributed by atoms with Gasteiger partial charge >= 0.3 is 11.9 Å². The predicted molar refractivity (Wildman–Crippen MR) is 74.6 cm³/mol. The Morgan fingerprint density at radius 3 is 2.05 bits per heavy atom. The van der Waals surface area contributed by atoms with Crippen molar-refractivity contribution in [3.63, 3.8) is 0 Å².